The summed E-state index contributed by atoms with van der Waals surface area (Å²) < 4.78 is 0. The summed E-state index contributed by atoms with van der Waals surface area (Å²) in [5.41, 5.74) is 8.43. The van der Waals surface area contributed by atoms with Gasteiger partial charge in [-0.3, -0.25) is 19.4 Å². The molecule has 10 heteroatoms. The number of nitrogens with zero attached hydrogens (tertiary/aromatic N) is 3. The molecule has 46 heavy (non-hydrogen) atoms. The third-order valence-electron chi connectivity index (χ3n) is 9.41. The Labute approximate surface area is 276 Å². The predicted octanol–water partition coefficient (Wildman–Crippen LogP) is 5.62. The number of thiocarbonyl (C=S) groups is 1. The number of anilines is 2. The van der Waals surface area contributed by atoms with Crippen molar-refractivity contribution in [3.8, 4) is 0 Å². The molecule has 2 amide bonds. The largest absolute Gasteiger partial charge is 0.343 e. The maximum Gasteiger partial charge on any atom is 0.296 e. The number of para-hydroxylation sites is 2. The Morgan fingerprint density at radius 2 is 1.50 bits per heavy atom. The van der Waals surface area contributed by atoms with E-state index in [1.807, 2.05) is 18.2 Å². The number of likely N-dealkylation sites (tertiary alicyclic amines) is 1. The van der Waals surface area contributed by atoms with Gasteiger partial charge in [-0.15, -0.1) is 0 Å². The number of benzene rings is 2. The van der Waals surface area contributed by atoms with Gasteiger partial charge in [0.05, 0.1) is 22.0 Å². The van der Waals surface area contributed by atoms with Crippen LogP contribution in [0.25, 0.3) is 4.85 Å². The topological polar surface area (TPSA) is 121 Å². The third kappa shape index (κ3) is 7.21. The first kappa shape index (κ1) is 32.0. The summed E-state index contributed by atoms with van der Waals surface area (Å²) in [7, 11) is 0. The minimum Gasteiger partial charge on any atom is -0.343 e. The normalized spacial score (nSPS) is 24.4. The number of nitrogens with one attached hydrogen (secondary N) is 2. The maximum absolute atomic E-state index is 13.2. The standard InChI is InChI=1S/C19H21N3OS.C8H5NO2.C5H7N.C4H9N/c23-18-19(14-3-1-2-4-15(14)21-18)16(20-10-12-5-6-12)9-17(24)22(19)11-13-7-8-13;10-7-5-3-1-2-4-6(5)9-8(7)11;1-6-4-5-2-3-5;5-3-4-1-2-4/h1-4,12-13H,5-11H2,(H,21,23);1-4H,(H,9,10,11);5H,2-4H2;4H,1-3,5H2. The molecule has 9 rings (SSSR count). The summed E-state index contributed by atoms with van der Waals surface area (Å²) in [6.07, 6.45) is 11.1. The van der Waals surface area contributed by atoms with E-state index in [0.29, 0.717) is 29.5 Å². The number of fused-ring (bicyclic) bond motifs is 3. The van der Waals surface area contributed by atoms with Crippen LogP contribution in [0.3, 0.4) is 0 Å². The van der Waals surface area contributed by atoms with Gasteiger partial charge in [-0.1, -0.05) is 42.5 Å². The number of Topliss-reactive ketones (excluding diaryl/α,β-unsaturated/α-hetero) is 1. The number of carbonyl (C=O) groups excluding carboxylic acids is 3. The molecule has 2 aromatic carbocycles. The Hall–Kier alpha value is -3.94. The predicted molar refractivity (Wildman–Crippen MR) is 184 cm³/mol. The zero-order chi connectivity index (χ0) is 32.3. The van der Waals surface area contributed by atoms with Gasteiger partial charge in [0.2, 0.25) is 6.54 Å². The number of amides is 2. The van der Waals surface area contributed by atoms with Gasteiger partial charge in [-0.25, -0.2) is 6.57 Å². The molecule has 1 unspecified atom stereocenters. The Balaban J connectivity index is 0.000000138. The SMILES string of the molecule is NCC1CC1.O=C1Nc2ccccc2C12C(=NCC1CC1)CC(=S)N2CC1CC1.O=C1Nc2ccccc2C1=O.[C-]#[N+]CC1CC1. The van der Waals surface area contributed by atoms with Gasteiger partial charge in [0.15, 0.2) is 5.54 Å². The van der Waals surface area contributed by atoms with E-state index in [9.17, 15) is 14.4 Å². The molecule has 3 heterocycles. The van der Waals surface area contributed by atoms with E-state index in [0.717, 1.165) is 60.0 Å². The Morgan fingerprint density at radius 1 is 0.870 bits per heavy atom. The second-order valence-electron chi connectivity index (χ2n) is 13.4. The summed E-state index contributed by atoms with van der Waals surface area (Å²) in [4.78, 5) is 46.2. The number of aliphatic imine (C=N–C) groups is 1. The number of carbonyl (C=O) groups is 3. The van der Waals surface area contributed by atoms with Gasteiger partial charge in [0.1, 0.15) is 0 Å². The molecule has 2 aromatic rings. The number of nitrogens with two attached hydrogens (primary N) is 1. The van der Waals surface area contributed by atoms with Crippen LogP contribution in [0.5, 0.6) is 0 Å². The van der Waals surface area contributed by atoms with Crippen LogP contribution < -0.4 is 16.4 Å². The van der Waals surface area contributed by atoms with E-state index in [4.69, 9.17) is 29.5 Å². The lowest BCUT2D eigenvalue weighted by Gasteiger charge is -2.35. The van der Waals surface area contributed by atoms with Crippen LogP contribution in [0.1, 0.15) is 73.7 Å². The van der Waals surface area contributed by atoms with Crippen LogP contribution in [0.15, 0.2) is 53.5 Å². The maximum atomic E-state index is 13.2. The average molecular weight is 639 g/mol. The van der Waals surface area contributed by atoms with Gasteiger partial charge in [0, 0.05) is 36.7 Å². The molecule has 0 radical (unpaired) electrons. The van der Waals surface area contributed by atoms with Crippen molar-refractivity contribution in [2.24, 2.45) is 34.4 Å². The molecule has 1 saturated heterocycles. The van der Waals surface area contributed by atoms with Crippen LogP contribution in [-0.4, -0.2) is 59.4 Å². The Bertz CT molecular complexity index is 1580. The molecular weight excluding hydrogens is 597 g/mol. The van der Waals surface area contributed by atoms with E-state index >= 15 is 0 Å². The highest BCUT2D eigenvalue weighted by molar-refractivity contribution is 7.80. The summed E-state index contributed by atoms with van der Waals surface area (Å²) in [6.45, 7) is 9.81. The van der Waals surface area contributed by atoms with Crippen molar-refractivity contribution in [2.75, 3.05) is 36.8 Å². The third-order valence-corrected chi connectivity index (χ3v) is 9.78. The second-order valence-corrected chi connectivity index (χ2v) is 13.8. The van der Waals surface area contributed by atoms with E-state index in [1.165, 1.54) is 51.4 Å². The molecule has 4 N–H and O–H groups in total. The highest BCUT2D eigenvalue weighted by Crippen LogP contribution is 2.48. The van der Waals surface area contributed by atoms with Crippen molar-refractivity contribution in [3.05, 3.63) is 71.1 Å². The molecule has 0 aromatic heterocycles. The fourth-order valence-corrected chi connectivity index (χ4v) is 6.24. The average Bonchev–Trinajstić information content (AvgIpc) is 3.88. The second kappa shape index (κ2) is 13.8. The van der Waals surface area contributed by atoms with Gasteiger partial charge < -0.3 is 26.1 Å². The summed E-state index contributed by atoms with van der Waals surface area (Å²) in [5, 5.41) is 5.55. The van der Waals surface area contributed by atoms with Gasteiger partial charge >= 0.3 is 0 Å². The van der Waals surface area contributed by atoms with Crippen molar-refractivity contribution in [1.29, 1.82) is 0 Å². The molecule has 3 aliphatic heterocycles. The summed E-state index contributed by atoms with van der Waals surface area (Å²) in [6, 6.07) is 14.9. The van der Waals surface area contributed by atoms with E-state index in [-0.39, 0.29) is 5.91 Å². The monoisotopic (exact) mass is 638 g/mol. The molecule has 240 valence electrons. The first-order chi connectivity index (χ1) is 22.3. The van der Waals surface area contributed by atoms with Gasteiger partial charge in [-0.05, 0) is 93.9 Å². The Kier molecular flexibility index (Phi) is 9.62. The highest BCUT2D eigenvalue weighted by Gasteiger charge is 2.60. The molecule has 1 atom stereocenters. The lowest BCUT2D eigenvalue weighted by Crippen LogP contribution is -2.52. The van der Waals surface area contributed by atoms with E-state index < -0.39 is 17.2 Å². The van der Waals surface area contributed by atoms with Gasteiger partial charge in [0.25, 0.3) is 17.6 Å². The number of hydrogen-bond donors (Lipinski definition) is 3. The molecule has 5 fully saturated rings. The fraction of sp³-hybridized carbons (Fsp3) is 0.500. The molecule has 1 spiro atoms. The van der Waals surface area contributed by atoms with Crippen molar-refractivity contribution in [3.63, 3.8) is 0 Å². The van der Waals surface area contributed by atoms with Crippen LogP contribution >= 0.6 is 12.2 Å². The van der Waals surface area contributed by atoms with E-state index in [1.54, 1.807) is 24.3 Å². The van der Waals surface area contributed by atoms with E-state index in [2.05, 4.69) is 26.4 Å². The lowest BCUT2D eigenvalue weighted by atomic mass is 9.86. The molecule has 4 saturated carbocycles. The smallest absolute Gasteiger partial charge is 0.296 e. The lowest BCUT2D eigenvalue weighted by molar-refractivity contribution is -0.121. The Morgan fingerprint density at radius 3 is 2.07 bits per heavy atom. The molecule has 0 bridgehead atoms. The number of rotatable bonds is 6. The number of ketones is 1. The van der Waals surface area contributed by atoms with Crippen molar-refractivity contribution in [1.82, 2.24) is 4.90 Å². The van der Waals surface area contributed by atoms with Gasteiger partial charge in [-0.2, -0.15) is 0 Å². The summed E-state index contributed by atoms with van der Waals surface area (Å²) in [5.74, 6) is 2.13. The zero-order valence-electron chi connectivity index (χ0n) is 26.2. The van der Waals surface area contributed by atoms with Crippen LogP contribution in [0, 0.1) is 30.2 Å². The zero-order valence-corrected chi connectivity index (χ0v) is 27.0. The van der Waals surface area contributed by atoms with Crippen LogP contribution in [0.2, 0.25) is 0 Å². The first-order valence-corrected chi connectivity index (χ1v) is 17.0. The fourth-order valence-electron chi connectivity index (χ4n) is 5.89. The van der Waals surface area contributed by atoms with Crippen molar-refractivity contribution in [2.45, 2.75) is 63.3 Å². The molecule has 9 nitrogen and oxygen atoms in total. The molecular formula is C36H42N6O3S. The van der Waals surface area contributed by atoms with Crippen molar-refractivity contribution >= 4 is 51.9 Å². The highest BCUT2D eigenvalue weighted by atomic mass is 32.1. The minimum atomic E-state index is -0.787. The van der Waals surface area contributed by atoms with Crippen molar-refractivity contribution < 1.29 is 14.4 Å². The quantitative estimate of drug-likeness (QED) is 0.215. The summed E-state index contributed by atoms with van der Waals surface area (Å²) >= 11 is 5.72. The first-order valence-electron chi connectivity index (χ1n) is 16.6. The van der Waals surface area contributed by atoms with Crippen LogP contribution in [-0.2, 0) is 15.1 Å². The minimum absolute atomic E-state index is 0.0266. The molecule has 7 aliphatic rings. The molecule has 4 aliphatic carbocycles. The number of hydrogen-bond acceptors (Lipinski definition) is 6. The van der Waals surface area contributed by atoms with Crippen LogP contribution in [0.4, 0.5) is 11.4 Å².